The van der Waals surface area contributed by atoms with Crippen molar-refractivity contribution in [1.82, 2.24) is 0 Å². The maximum Gasteiger partial charge on any atom is 0.165 e. The largest absolute Gasteiger partial charge is 0.349 e. The lowest BCUT2D eigenvalue weighted by Gasteiger charge is -2.15. The Morgan fingerprint density at radius 1 is 1.44 bits per heavy atom. The summed E-state index contributed by atoms with van der Waals surface area (Å²) in [5.74, 6) is 0.272. The Bertz CT molecular complexity index is 129. The SMILES string of the molecule is O=C1CC2OC[C@H](C1)O2. The summed E-state index contributed by atoms with van der Waals surface area (Å²) in [7, 11) is 0. The Kier molecular flexibility index (Phi) is 1.07. The van der Waals surface area contributed by atoms with Crippen molar-refractivity contribution >= 4 is 5.78 Å². The average Bonchev–Trinajstić information content (AvgIpc) is 2.11. The molecule has 2 fully saturated rings. The second-order valence-electron chi connectivity index (χ2n) is 2.47. The van der Waals surface area contributed by atoms with Gasteiger partial charge in [-0.3, -0.25) is 4.79 Å². The van der Waals surface area contributed by atoms with E-state index in [9.17, 15) is 4.79 Å². The van der Waals surface area contributed by atoms with Crippen molar-refractivity contribution in [3.63, 3.8) is 0 Å². The molecule has 2 heterocycles. The molecule has 0 aromatic carbocycles. The fourth-order valence-electron chi connectivity index (χ4n) is 1.25. The van der Waals surface area contributed by atoms with Crippen LogP contribution in [0.3, 0.4) is 0 Å². The first kappa shape index (κ1) is 5.38. The molecule has 0 aromatic rings. The lowest BCUT2D eigenvalue weighted by Crippen LogP contribution is -2.25. The zero-order valence-electron chi connectivity index (χ0n) is 5.00. The molecule has 2 saturated heterocycles. The van der Waals surface area contributed by atoms with Crippen LogP contribution in [0.5, 0.6) is 0 Å². The molecule has 3 nitrogen and oxygen atoms in total. The van der Waals surface area contributed by atoms with Crippen LogP contribution in [0.15, 0.2) is 0 Å². The maximum atomic E-state index is 10.8. The van der Waals surface area contributed by atoms with Crippen molar-refractivity contribution in [3.8, 4) is 0 Å². The summed E-state index contributed by atoms with van der Waals surface area (Å²) in [6.07, 6.45) is 0.861. The molecule has 2 aliphatic rings. The number of carbonyl (C=O) groups excluding carboxylic acids is 1. The predicted octanol–water partition coefficient (Wildman–Crippen LogP) is 0.0908. The monoisotopic (exact) mass is 128 g/mol. The molecule has 50 valence electrons. The van der Waals surface area contributed by atoms with Gasteiger partial charge in [0.05, 0.1) is 19.1 Å². The van der Waals surface area contributed by atoms with Crippen LogP contribution in [0.25, 0.3) is 0 Å². The molecule has 2 rings (SSSR count). The lowest BCUT2D eigenvalue weighted by molar-refractivity contribution is -0.138. The highest BCUT2D eigenvalue weighted by molar-refractivity contribution is 5.80. The Hall–Kier alpha value is -0.410. The third-order valence-electron chi connectivity index (χ3n) is 1.66. The van der Waals surface area contributed by atoms with E-state index in [0.717, 1.165) is 0 Å². The molecule has 9 heavy (non-hydrogen) atoms. The van der Waals surface area contributed by atoms with Crippen LogP contribution in [-0.4, -0.2) is 24.8 Å². The van der Waals surface area contributed by atoms with Gasteiger partial charge >= 0.3 is 0 Å². The van der Waals surface area contributed by atoms with Gasteiger partial charge in [-0.15, -0.1) is 0 Å². The minimum Gasteiger partial charge on any atom is -0.349 e. The van der Waals surface area contributed by atoms with Crippen LogP contribution in [0.1, 0.15) is 12.8 Å². The third kappa shape index (κ3) is 0.862. The van der Waals surface area contributed by atoms with Crippen molar-refractivity contribution in [2.45, 2.75) is 25.2 Å². The van der Waals surface area contributed by atoms with Crippen molar-refractivity contribution in [2.24, 2.45) is 0 Å². The zero-order valence-corrected chi connectivity index (χ0v) is 5.00. The smallest absolute Gasteiger partial charge is 0.165 e. The lowest BCUT2D eigenvalue weighted by atomic mass is 10.1. The number of ether oxygens (including phenoxy) is 2. The highest BCUT2D eigenvalue weighted by Crippen LogP contribution is 2.23. The first-order chi connectivity index (χ1) is 4.34. The topological polar surface area (TPSA) is 35.5 Å². The third-order valence-corrected chi connectivity index (χ3v) is 1.66. The van der Waals surface area contributed by atoms with Gasteiger partial charge in [0.25, 0.3) is 0 Å². The van der Waals surface area contributed by atoms with Gasteiger partial charge in [-0.25, -0.2) is 0 Å². The summed E-state index contributed by atoms with van der Waals surface area (Å²) in [6.45, 7) is 0.608. The highest BCUT2D eigenvalue weighted by Gasteiger charge is 2.34. The molecule has 1 unspecified atom stereocenters. The quantitative estimate of drug-likeness (QED) is 0.464. The zero-order chi connectivity index (χ0) is 6.27. The molecular formula is C6H8O3. The van der Waals surface area contributed by atoms with E-state index in [1.807, 2.05) is 0 Å². The molecule has 2 atom stereocenters. The summed E-state index contributed by atoms with van der Waals surface area (Å²) in [6, 6.07) is 0. The Labute approximate surface area is 52.9 Å². The van der Waals surface area contributed by atoms with E-state index in [1.54, 1.807) is 0 Å². The standard InChI is InChI=1S/C6H8O3/c7-4-1-5-3-8-6(2-4)9-5/h5-6H,1-3H2/t5-,6?/m0/s1. The second kappa shape index (κ2) is 1.78. The predicted molar refractivity (Wildman–Crippen MR) is 28.9 cm³/mol. The minimum atomic E-state index is -0.212. The van der Waals surface area contributed by atoms with E-state index < -0.39 is 0 Å². The number of hydrogen-bond acceptors (Lipinski definition) is 3. The van der Waals surface area contributed by atoms with Crippen LogP contribution < -0.4 is 0 Å². The number of ketones is 1. The Morgan fingerprint density at radius 2 is 2.33 bits per heavy atom. The molecule has 0 aromatic heterocycles. The van der Waals surface area contributed by atoms with Crippen LogP contribution >= 0.6 is 0 Å². The summed E-state index contributed by atoms with van der Waals surface area (Å²) in [4.78, 5) is 10.8. The Balaban J connectivity index is 2.11. The summed E-state index contributed by atoms with van der Waals surface area (Å²) in [5, 5.41) is 0. The molecular weight excluding hydrogens is 120 g/mol. The molecule has 0 spiro atoms. The first-order valence-electron chi connectivity index (χ1n) is 3.13. The maximum absolute atomic E-state index is 10.8. The van der Waals surface area contributed by atoms with Gasteiger partial charge in [-0.05, 0) is 0 Å². The molecule has 2 bridgehead atoms. The molecule has 0 amide bonds. The molecule has 0 N–H and O–H groups in total. The average molecular weight is 128 g/mol. The molecule has 0 aliphatic carbocycles. The van der Waals surface area contributed by atoms with E-state index in [-0.39, 0.29) is 18.2 Å². The van der Waals surface area contributed by atoms with Crippen molar-refractivity contribution in [3.05, 3.63) is 0 Å². The van der Waals surface area contributed by atoms with E-state index >= 15 is 0 Å². The molecule has 0 radical (unpaired) electrons. The molecule has 2 aliphatic heterocycles. The van der Waals surface area contributed by atoms with Gasteiger partial charge in [0.15, 0.2) is 6.29 Å². The van der Waals surface area contributed by atoms with E-state index in [4.69, 9.17) is 9.47 Å². The van der Waals surface area contributed by atoms with E-state index in [1.165, 1.54) is 0 Å². The van der Waals surface area contributed by atoms with Gasteiger partial charge in [-0.1, -0.05) is 0 Å². The number of Topliss-reactive ketones (excluding diaryl/α,β-unsaturated/α-hetero) is 1. The van der Waals surface area contributed by atoms with Crippen molar-refractivity contribution < 1.29 is 14.3 Å². The fourth-order valence-corrected chi connectivity index (χ4v) is 1.25. The number of fused-ring (bicyclic) bond motifs is 2. The molecule has 0 saturated carbocycles. The van der Waals surface area contributed by atoms with E-state index in [2.05, 4.69) is 0 Å². The summed E-state index contributed by atoms with van der Waals surface area (Å²) in [5.41, 5.74) is 0. The highest BCUT2D eigenvalue weighted by atomic mass is 16.7. The van der Waals surface area contributed by atoms with Gasteiger partial charge in [0.2, 0.25) is 0 Å². The van der Waals surface area contributed by atoms with Crippen molar-refractivity contribution in [2.75, 3.05) is 6.61 Å². The van der Waals surface area contributed by atoms with E-state index in [0.29, 0.717) is 19.4 Å². The number of hydrogen-bond donors (Lipinski definition) is 0. The number of carbonyl (C=O) groups is 1. The van der Waals surface area contributed by atoms with Gasteiger partial charge in [-0.2, -0.15) is 0 Å². The second-order valence-corrected chi connectivity index (χ2v) is 2.47. The summed E-state index contributed by atoms with van der Waals surface area (Å²) >= 11 is 0. The fraction of sp³-hybridized carbons (Fsp3) is 0.833. The normalized spacial score (nSPS) is 41.6. The van der Waals surface area contributed by atoms with Crippen LogP contribution in [-0.2, 0) is 14.3 Å². The van der Waals surface area contributed by atoms with Gasteiger partial charge in [0.1, 0.15) is 5.78 Å². The summed E-state index contributed by atoms with van der Waals surface area (Å²) < 4.78 is 10.3. The molecule has 3 heteroatoms. The van der Waals surface area contributed by atoms with Crippen LogP contribution in [0.4, 0.5) is 0 Å². The van der Waals surface area contributed by atoms with Gasteiger partial charge in [0, 0.05) is 6.42 Å². The number of rotatable bonds is 0. The Morgan fingerprint density at radius 3 is 3.11 bits per heavy atom. The first-order valence-corrected chi connectivity index (χ1v) is 3.13. The van der Waals surface area contributed by atoms with Crippen LogP contribution in [0.2, 0.25) is 0 Å². The van der Waals surface area contributed by atoms with Crippen LogP contribution in [0, 0.1) is 0 Å². The van der Waals surface area contributed by atoms with Crippen molar-refractivity contribution in [1.29, 1.82) is 0 Å². The van der Waals surface area contributed by atoms with Gasteiger partial charge < -0.3 is 9.47 Å². The minimum absolute atomic E-state index is 0.0660.